The predicted octanol–water partition coefficient (Wildman–Crippen LogP) is 2.37. The summed E-state index contributed by atoms with van der Waals surface area (Å²) in [5.74, 6) is 0.153. The van der Waals surface area contributed by atoms with Gasteiger partial charge in [-0.15, -0.1) is 0 Å². The lowest BCUT2D eigenvalue weighted by molar-refractivity contribution is 0.176. The summed E-state index contributed by atoms with van der Waals surface area (Å²) in [5.41, 5.74) is 2.08. The van der Waals surface area contributed by atoms with E-state index in [9.17, 15) is 4.39 Å². The van der Waals surface area contributed by atoms with Crippen LogP contribution in [0, 0.1) is 5.82 Å². The minimum absolute atomic E-state index is 0.173. The van der Waals surface area contributed by atoms with Crippen molar-refractivity contribution >= 4 is 5.69 Å². The molecule has 1 aromatic rings. The number of fused-ring (bicyclic) bond motifs is 1. The number of hydrogen-bond acceptors (Lipinski definition) is 2. The van der Waals surface area contributed by atoms with Gasteiger partial charge in [0.1, 0.15) is 5.82 Å². The van der Waals surface area contributed by atoms with Crippen LogP contribution >= 0.6 is 0 Å². The van der Waals surface area contributed by atoms with Crippen LogP contribution in [0.25, 0.3) is 0 Å². The fraction of sp³-hybridized carbons (Fsp3) is 0.455. The highest BCUT2D eigenvalue weighted by atomic mass is 19.1. The molecule has 14 heavy (non-hydrogen) atoms. The molecule has 0 radical (unpaired) electrons. The SMILES string of the molecule is COCC1CCNc2ccc(F)cc21. The van der Waals surface area contributed by atoms with Crippen LogP contribution in [0.5, 0.6) is 0 Å². The molecular formula is C11H14FNO. The summed E-state index contributed by atoms with van der Waals surface area (Å²) < 4.78 is 18.2. The zero-order chi connectivity index (χ0) is 9.97. The molecule has 1 aliphatic rings. The second kappa shape index (κ2) is 3.96. The molecule has 0 spiro atoms. The van der Waals surface area contributed by atoms with Crippen LogP contribution in [-0.4, -0.2) is 20.3 Å². The third-order valence-corrected chi connectivity index (χ3v) is 2.63. The third-order valence-electron chi connectivity index (χ3n) is 2.63. The first-order valence-corrected chi connectivity index (χ1v) is 4.83. The number of benzene rings is 1. The van der Waals surface area contributed by atoms with Gasteiger partial charge in [0, 0.05) is 25.3 Å². The molecule has 1 atom stereocenters. The zero-order valence-corrected chi connectivity index (χ0v) is 8.22. The van der Waals surface area contributed by atoms with Crippen molar-refractivity contribution in [2.75, 3.05) is 25.6 Å². The van der Waals surface area contributed by atoms with E-state index in [0.717, 1.165) is 24.2 Å². The molecule has 3 heteroatoms. The van der Waals surface area contributed by atoms with Crippen LogP contribution in [0.2, 0.25) is 0 Å². The topological polar surface area (TPSA) is 21.3 Å². The highest BCUT2D eigenvalue weighted by Crippen LogP contribution is 2.31. The van der Waals surface area contributed by atoms with Gasteiger partial charge in [-0.25, -0.2) is 4.39 Å². The van der Waals surface area contributed by atoms with E-state index in [4.69, 9.17) is 4.74 Å². The number of rotatable bonds is 2. The van der Waals surface area contributed by atoms with Crippen molar-refractivity contribution in [3.63, 3.8) is 0 Å². The summed E-state index contributed by atoms with van der Waals surface area (Å²) in [5, 5.41) is 3.26. The number of hydrogen-bond donors (Lipinski definition) is 1. The number of halogens is 1. The summed E-state index contributed by atoms with van der Waals surface area (Å²) in [6.45, 7) is 1.60. The van der Waals surface area contributed by atoms with Crippen LogP contribution in [-0.2, 0) is 4.74 Å². The van der Waals surface area contributed by atoms with E-state index >= 15 is 0 Å². The van der Waals surface area contributed by atoms with Gasteiger partial charge in [-0.1, -0.05) is 0 Å². The Morgan fingerprint density at radius 2 is 2.43 bits per heavy atom. The van der Waals surface area contributed by atoms with E-state index in [1.807, 2.05) is 0 Å². The average molecular weight is 195 g/mol. The van der Waals surface area contributed by atoms with Crippen molar-refractivity contribution in [2.24, 2.45) is 0 Å². The smallest absolute Gasteiger partial charge is 0.123 e. The second-order valence-corrected chi connectivity index (χ2v) is 3.60. The van der Waals surface area contributed by atoms with E-state index in [-0.39, 0.29) is 5.82 Å². The van der Waals surface area contributed by atoms with Gasteiger partial charge >= 0.3 is 0 Å². The Labute approximate surface area is 83.1 Å². The van der Waals surface area contributed by atoms with Crippen molar-refractivity contribution in [1.29, 1.82) is 0 Å². The maximum absolute atomic E-state index is 13.0. The Morgan fingerprint density at radius 1 is 1.57 bits per heavy atom. The zero-order valence-electron chi connectivity index (χ0n) is 8.22. The predicted molar refractivity (Wildman–Crippen MR) is 54.1 cm³/mol. The lowest BCUT2D eigenvalue weighted by Crippen LogP contribution is -2.20. The van der Waals surface area contributed by atoms with Crippen LogP contribution in [0.3, 0.4) is 0 Å². The average Bonchev–Trinajstić information content (AvgIpc) is 2.19. The normalized spacial score (nSPS) is 20.0. The van der Waals surface area contributed by atoms with Gasteiger partial charge < -0.3 is 10.1 Å². The molecule has 1 heterocycles. The highest BCUT2D eigenvalue weighted by Gasteiger charge is 2.19. The molecule has 0 amide bonds. The molecule has 0 saturated carbocycles. The first-order valence-electron chi connectivity index (χ1n) is 4.83. The van der Waals surface area contributed by atoms with Crippen LogP contribution in [0.15, 0.2) is 18.2 Å². The lowest BCUT2D eigenvalue weighted by Gasteiger charge is -2.26. The van der Waals surface area contributed by atoms with Crippen molar-refractivity contribution in [1.82, 2.24) is 0 Å². The summed E-state index contributed by atoms with van der Waals surface area (Å²) in [4.78, 5) is 0. The van der Waals surface area contributed by atoms with Crippen molar-refractivity contribution in [3.05, 3.63) is 29.6 Å². The monoisotopic (exact) mass is 195 g/mol. The highest BCUT2D eigenvalue weighted by molar-refractivity contribution is 5.54. The van der Waals surface area contributed by atoms with Crippen molar-refractivity contribution < 1.29 is 9.13 Å². The van der Waals surface area contributed by atoms with Gasteiger partial charge in [-0.3, -0.25) is 0 Å². The summed E-state index contributed by atoms with van der Waals surface area (Å²) in [6, 6.07) is 4.89. The first-order chi connectivity index (χ1) is 6.81. The molecule has 0 saturated heterocycles. The first kappa shape index (κ1) is 9.46. The Morgan fingerprint density at radius 3 is 3.21 bits per heavy atom. The Balaban J connectivity index is 2.32. The molecule has 0 aromatic heterocycles. The maximum atomic E-state index is 13.0. The van der Waals surface area contributed by atoms with Crippen LogP contribution in [0.1, 0.15) is 17.9 Å². The summed E-state index contributed by atoms with van der Waals surface area (Å²) in [6.07, 6.45) is 1.00. The minimum Gasteiger partial charge on any atom is -0.385 e. The lowest BCUT2D eigenvalue weighted by atomic mass is 9.92. The number of ether oxygens (including phenoxy) is 1. The standard InChI is InChI=1S/C11H14FNO/c1-14-7-8-4-5-13-11-3-2-9(12)6-10(8)11/h2-3,6,8,13H,4-5,7H2,1H3. The Kier molecular flexibility index (Phi) is 2.68. The van der Waals surface area contributed by atoms with Gasteiger partial charge in [0.05, 0.1) is 6.61 Å². The van der Waals surface area contributed by atoms with Crippen molar-refractivity contribution in [3.8, 4) is 0 Å². The molecule has 1 aliphatic heterocycles. The minimum atomic E-state index is -0.173. The molecule has 0 bridgehead atoms. The summed E-state index contributed by atoms with van der Waals surface area (Å²) >= 11 is 0. The molecule has 1 unspecified atom stereocenters. The third kappa shape index (κ3) is 1.73. The largest absolute Gasteiger partial charge is 0.385 e. The van der Waals surface area contributed by atoms with E-state index in [1.54, 1.807) is 19.2 Å². The van der Waals surface area contributed by atoms with E-state index in [1.165, 1.54) is 6.07 Å². The number of nitrogens with one attached hydrogen (secondary N) is 1. The molecule has 2 nitrogen and oxygen atoms in total. The molecule has 76 valence electrons. The Hall–Kier alpha value is -1.09. The molecule has 0 aliphatic carbocycles. The van der Waals surface area contributed by atoms with Crippen molar-refractivity contribution in [2.45, 2.75) is 12.3 Å². The summed E-state index contributed by atoms with van der Waals surface area (Å²) in [7, 11) is 1.68. The van der Waals surface area contributed by atoms with E-state index in [2.05, 4.69) is 5.32 Å². The van der Waals surface area contributed by atoms with Gasteiger partial charge in [0.2, 0.25) is 0 Å². The van der Waals surface area contributed by atoms with Gasteiger partial charge in [-0.05, 0) is 30.2 Å². The second-order valence-electron chi connectivity index (χ2n) is 3.60. The maximum Gasteiger partial charge on any atom is 0.123 e. The molecule has 0 fully saturated rings. The van der Waals surface area contributed by atoms with Crippen LogP contribution < -0.4 is 5.32 Å². The van der Waals surface area contributed by atoms with Crippen LogP contribution in [0.4, 0.5) is 10.1 Å². The molecular weight excluding hydrogens is 181 g/mol. The fourth-order valence-corrected chi connectivity index (χ4v) is 1.94. The number of anilines is 1. The Bertz CT molecular complexity index is 327. The molecule has 2 rings (SSSR count). The quantitative estimate of drug-likeness (QED) is 0.782. The molecule has 1 N–H and O–H groups in total. The van der Waals surface area contributed by atoms with E-state index < -0.39 is 0 Å². The number of methoxy groups -OCH3 is 1. The van der Waals surface area contributed by atoms with Gasteiger partial charge in [-0.2, -0.15) is 0 Å². The van der Waals surface area contributed by atoms with Gasteiger partial charge in [0.25, 0.3) is 0 Å². The molecule has 1 aromatic carbocycles. The van der Waals surface area contributed by atoms with E-state index in [0.29, 0.717) is 12.5 Å². The fourth-order valence-electron chi connectivity index (χ4n) is 1.94. The van der Waals surface area contributed by atoms with Gasteiger partial charge in [0.15, 0.2) is 0 Å².